The molecule has 1 amide bonds. The van der Waals surface area contributed by atoms with Gasteiger partial charge in [-0.25, -0.2) is 14.6 Å². The molecule has 1 aliphatic heterocycles. The number of carbonyl (C=O) groups is 2. The fourth-order valence-electron chi connectivity index (χ4n) is 6.40. The lowest BCUT2D eigenvalue weighted by atomic mass is 9.95. The predicted molar refractivity (Wildman–Crippen MR) is 177 cm³/mol. The van der Waals surface area contributed by atoms with Gasteiger partial charge in [0.05, 0.1) is 23.2 Å². The molecular weight excluding hydrogens is 582 g/mol. The number of rotatable bonds is 8. The van der Waals surface area contributed by atoms with Crippen molar-refractivity contribution in [2.75, 3.05) is 19.7 Å². The number of hydrogen-bond donors (Lipinski definition) is 1. The number of aromatic carboxylic acids is 1. The van der Waals surface area contributed by atoms with Gasteiger partial charge in [0.2, 0.25) is 0 Å². The van der Waals surface area contributed by atoms with Gasteiger partial charge in [0, 0.05) is 30.8 Å². The highest BCUT2D eigenvalue weighted by Crippen LogP contribution is 2.37. The van der Waals surface area contributed by atoms with Gasteiger partial charge in [0.1, 0.15) is 28.7 Å². The quantitative estimate of drug-likeness (QED) is 0.209. The molecule has 1 aromatic heterocycles. The highest BCUT2D eigenvalue weighted by atomic mass is 16.6. The molecule has 1 aliphatic carbocycles. The maximum atomic E-state index is 12.4. The number of ether oxygens (including phenoxy) is 3. The molecule has 0 spiro atoms. The van der Waals surface area contributed by atoms with E-state index in [-0.39, 0.29) is 11.7 Å². The maximum Gasteiger partial charge on any atom is 0.410 e. The van der Waals surface area contributed by atoms with Crippen LogP contribution in [0.1, 0.15) is 82.1 Å². The zero-order chi connectivity index (χ0) is 32.3. The number of likely N-dealkylation sites (tertiary alicyclic amines) is 1. The van der Waals surface area contributed by atoms with E-state index in [0.29, 0.717) is 48.7 Å². The number of aromatic nitrogens is 2. The zero-order valence-electron chi connectivity index (χ0n) is 26.9. The Morgan fingerprint density at radius 2 is 1.59 bits per heavy atom. The van der Waals surface area contributed by atoms with Crippen LogP contribution < -0.4 is 9.47 Å². The highest BCUT2D eigenvalue weighted by Gasteiger charge is 2.27. The summed E-state index contributed by atoms with van der Waals surface area (Å²) < 4.78 is 20.1. The van der Waals surface area contributed by atoms with Gasteiger partial charge < -0.3 is 28.8 Å². The molecule has 1 saturated heterocycles. The Bertz CT molecular complexity index is 1680. The van der Waals surface area contributed by atoms with Crippen LogP contribution >= 0.6 is 0 Å². The van der Waals surface area contributed by atoms with Gasteiger partial charge in [-0.05, 0) is 107 Å². The van der Waals surface area contributed by atoms with E-state index in [2.05, 4.69) is 4.57 Å². The molecular formula is C37H43N3O6. The van der Waals surface area contributed by atoms with Crippen molar-refractivity contribution in [2.45, 2.75) is 77.4 Å². The van der Waals surface area contributed by atoms with Crippen LogP contribution in [0.2, 0.25) is 0 Å². The van der Waals surface area contributed by atoms with Crippen molar-refractivity contribution in [1.29, 1.82) is 0 Å². The second-order valence-corrected chi connectivity index (χ2v) is 13.4. The number of hydrogen-bond acceptors (Lipinski definition) is 6. The Morgan fingerprint density at radius 1 is 0.870 bits per heavy atom. The number of fused-ring (bicyclic) bond motifs is 1. The molecule has 46 heavy (non-hydrogen) atoms. The number of benzene rings is 3. The van der Waals surface area contributed by atoms with E-state index >= 15 is 0 Å². The molecule has 0 atom stereocenters. The maximum absolute atomic E-state index is 12.4. The lowest BCUT2D eigenvalue weighted by Crippen LogP contribution is -2.42. The average Bonchev–Trinajstić information content (AvgIpc) is 3.43. The van der Waals surface area contributed by atoms with Gasteiger partial charge in [-0.2, -0.15) is 0 Å². The first-order valence-electron chi connectivity index (χ1n) is 16.4. The third kappa shape index (κ3) is 7.46. The summed E-state index contributed by atoms with van der Waals surface area (Å²) in [5, 5.41) is 9.53. The Balaban J connectivity index is 1.10. The average molecular weight is 626 g/mol. The molecule has 3 aromatic carbocycles. The first kappa shape index (κ1) is 31.5. The van der Waals surface area contributed by atoms with Gasteiger partial charge >= 0.3 is 12.1 Å². The van der Waals surface area contributed by atoms with Crippen molar-refractivity contribution in [3.05, 3.63) is 72.3 Å². The standard InChI is InChI=1S/C37H43N3O6/c1-37(2,3)46-36(43)39-20-18-25(19-21-39)24-44-30-10-7-11-31(23-30)45-29-15-12-26(13-16-29)34-38-32-22-27(35(41)42)14-17-33(32)40(34)28-8-5-4-6-9-28/h7,10-17,22-23,25,28H,4-6,8-9,18-21,24H2,1-3H3,(H,41,42). The lowest BCUT2D eigenvalue weighted by molar-refractivity contribution is 0.0164. The van der Waals surface area contributed by atoms with Crippen molar-refractivity contribution >= 4 is 23.1 Å². The molecule has 1 saturated carbocycles. The van der Waals surface area contributed by atoms with Crippen LogP contribution in [0, 0.1) is 5.92 Å². The normalized spacial score (nSPS) is 16.4. The van der Waals surface area contributed by atoms with Crippen LogP contribution in [-0.2, 0) is 4.74 Å². The second kappa shape index (κ2) is 13.4. The molecule has 9 heteroatoms. The molecule has 2 aliphatic rings. The highest BCUT2D eigenvalue weighted by molar-refractivity contribution is 5.93. The molecule has 4 aromatic rings. The van der Waals surface area contributed by atoms with E-state index in [0.717, 1.165) is 48.3 Å². The monoisotopic (exact) mass is 625 g/mol. The Kier molecular flexibility index (Phi) is 9.20. The van der Waals surface area contributed by atoms with Gasteiger partial charge in [-0.15, -0.1) is 0 Å². The van der Waals surface area contributed by atoms with Crippen LogP contribution in [0.25, 0.3) is 22.4 Å². The largest absolute Gasteiger partial charge is 0.493 e. The summed E-state index contributed by atoms with van der Waals surface area (Å²) in [4.78, 5) is 30.7. The van der Waals surface area contributed by atoms with Crippen molar-refractivity contribution in [1.82, 2.24) is 14.5 Å². The molecule has 9 nitrogen and oxygen atoms in total. The van der Waals surface area contributed by atoms with Crippen LogP contribution in [0.4, 0.5) is 4.79 Å². The van der Waals surface area contributed by atoms with Crippen LogP contribution in [0.5, 0.6) is 17.2 Å². The Morgan fingerprint density at radius 3 is 2.28 bits per heavy atom. The molecule has 1 N–H and O–H groups in total. The number of carbonyl (C=O) groups excluding carboxylic acids is 1. The molecule has 0 bridgehead atoms. The number of nitrogens with zero attached hydrogens (tertiary/aromatic N) is 3. The topological polar surface area (TPSA) is 103 Å². The molecule has 0 unspecified atom stereocenters. The number of amides is 1. The fourth-order valence-corrected chi connectivity index (χ4v) is 6.40. The van der Waals surface area contributed by atoms with Gasteiger partial charge in [0.25, 0.3) is 0 Å². The third-order valence-electron chi connectivity index (χ3n) is 8.78. The summed E-state index contributed by atoms with van der Waals surface area (Å²) in [5.41, 5.74) is 2.38. The van der Waals surface area contributed by atoms with Crippen LogP contribution in [0.15, 0.2) is 66.7 Å². The minimum atomic E-state index is -0.952. The second-order valence-electron chi connectivity index (χ2n) is 13.4. The van der Waals surface area contributed by atoms with Crippen molar-refractivity contribution in [2.24, 2.45) is 5.92 Å². The molecule has 6 rings (SSSR count). The first-order chi connectivity index (χ1) is 22.1. The van der Waals surface area contributed by atoms with E-state index in [1.165, 1.54) is 19.3 Å². The van der Waals surface area contributed by atoms with Crippen molar-refractivity contribution in [3.63, 3.8) is 0 Å². The smallest absolute Gasteiger partial charge is 0.410 e. The van der Waals surface area contributed by atoms with E-state index in [1.54, 1.807) is 17.0 Å². The Hall–Kier alpha value is -4.53. The van der Waals surface area contributed by atoms with Gasteiger partial charge in [0.15, 0.2) is 0 Å². The lowest BCUT2D eigenvalue weighted by Gasteiger charge is -2.33. The molecule has 242 valence electrons. The van der Waals surface area contributed by atoms with E-state index < -0.39 is 11.6 Å². The SMILES string of the molecule is CC(C)(C)OC(=O)N1CCC(COc2cccc(Oc3ccc(-c4nc5cc(C(=O)O)ccc5n4C4CCCCC4)cc3)c2)CC1. The van der Waals surface area contributed by atoms with Crippen LogP contribution in [-0.4, -0.2) is 56.9 Å². The van der Waals surface area contributed by atoms with E-state index in [9.17, 15) is 14.7 Å². The molecule has 0 radical (unpaired) electrons. The summed E-state index contributed by atoms with van der Waals surface area (Å²) in [6.07, 6.45) is 7.28. The predicted octanol–water partition coefficient (Wildman–Crippen LogP) is 8.72. The van der Waals surface area contributed by atoms with E-state index in [1.807, 2.05) is 75.4 Å². The van der Waals surface area contributed by atoms with Gasteiger partial charge in [-0.1, -0.05) is 25.3 Å². The fraction of sp³-hybridized carbons (Fsp3) is 0.432. The summed E-state index contributed by atoms with van der Waals surface area (Å²) in [6.45, 7) is 7.57. The summed E-state index contributed by atoms with van der Waals surface area (Å²) in [5.74, 6) is 2.38. The molecule has 2 fully saturated rings. The van der Waals surface area contributed by atoms with E-state index in [4.69, 9.17) is 19.2 Å². The molecule has 2 heterocycles. The first-order valence-corrected chi connectivity index (χ1v) is 16.4. The number of imidazole rings is 1. The summed E-state index contributed by atoms with van der Waals surface area (Å²) in [7, 11) is 0. The number of carboxylic acid groups (broad SMARTS) is 1. The summed E-state index contributed by atoms with van der Waals surface area (Å²) in [6, 6.07) is 21.1. The van der Waals surface area contributed by atoms with Crippen molar-refractivity contribution < 1.29 is 28.9 Å². The minimum Gasteiger partial charge on any atom is -0.493 e. The third-order valence-corrected chi connectivity index (χ3v) is 8.78. The van der Waals surface area contributed by atoms with Crippen molar-refractivity contribution in [3.8, 4) is 28.6 Å². The number of piperidine rings is 1. The Labute approximate surface area is 270 Å². The zero-order valence-corrected chi connectivity index (χ0v) is 26.9. The van der Waals surface area contributed by atoms with Gasteiger partial charge in [-0.3, -0.25) is 0 Å². The van der Waals surface area contributed by atoms with Crippen LogP contribution in [0.3, 0.4) is 0 Å². The minimum absolute atomic E-state index is 0.242. The number of carboxylic acids is 1. The summed E-state index contributed by atoms with van der Waals surface area (Å²) >= 11 is 0.